The fraction of sp³-hybridized carbons (Fsp3) is 0.375. The van der Waals surface area contributed by atoms with Crippen molar-refractivity contribution in [2.75, 3.05) is 19.7 Å². The summed E-state index contributed by atoms with van der Waals surface area (Å²) in [5.74, 6) is 0.717. The van der Waals surface area contributed by atoms with Crippen molar-refractivity contribution in [2.24, 2.45) is 4.99 Å². The first-order chi connectivity index (χ1) is 10.3. The fourth-order valence-electron chi connectivity index (χ4n) is 2.42. The van der Waals surface area contributed by atoms with Gasteiger partial charge in [0, 0.05) is 13.1 Å². The Hall–Kier alpha value is -1.75. The molecule has 0 unspecified atom stereocenters. The summed E-state index contributed by atoms with van der Waals surface area (Å²) >= 11 is 1.48. The minimum atomic E-state index is -0.129. The smallest absolute Gasteiger partial charge is 0.286 e. The van der Waals surface area contributed by atoms with Crippen LogP contribution in [0.1, 0.15) is 25.3 Å². The number of amidine groups is 1. The summed E-state index contributed by atoms with van der Waals surface area (Å²) in [5.41, 5.74) is 0.993. The van der Waals surface area contributed by atoms with Crippen LogP contribution in [0.2, 0.25) is 0 Å². The molecule has 2 heterocycles. The number of rotatable bonds is 3. The van der Waals surface area contributed by atoms with Crippen molar-refractivity contribution in [1.82, 2.24) is 4.90 Å². The molecule has 0 radical (unpaired) electrons. The van der Waals surface area contributed by atoms with Crippen LogP contribution in [-0.4, -0.2) is 35.7 Å². The highest BCUT2D eigenvalue weighted by Crippen LogP contribution is 2.31. The van der Waals surface area contributed by atoms with Crippen LogP contribution in [0.4, 0.5) is 0 Å². The van der Waals surface area contributed by atoms with Gasteiger partial charge in [-0.25, -0.2) is 0 Å². The lowest BCUT2D eigenvalue weighted by atomic mass is 10.2. The number of carbonyl (C=O) groups excluding carboxylic acids is 1. The van der Waals surface area contributed by atoms with Crippen LogP contribution in [0.3, 0.4) is 0 Å². The van der Waals surface area contributed by atoms with E-state index in [1.165, 1.54) is 24.6 Å². The van der Waals surface area contributed by atoms with Crippen LogP contribution >= 0.6 is 11.8 Å². The van der Waals surface area contributed by atoms with Gasteiger partial charge in [0.15, 0.2) is 5.17 Å². The van der Waals surface area contributed by atoms with Gasteiger partial charge in [-0.2, -0.15) is 4.99 Å². The maximum atomic E-state index is 12.0. The van der Waals surface area contributed by atoms with Crippen molar-refractivity contribution in [3.8, 4) is 5.75 Å². The molecular formula is C16H18N2O2S. The zero-order valence-corrected chi connectivity index (χ0v) is 12.9. The average molecular weight is 302 g/mol. The molecule has 110 valence electrons. The van der Waals surface area contributed by atoms with Gasteiger partial charge in [-0.3, -0.25) is 4.79 Å². The van der Waals surface area contributed by atoms with Gasteiger partial charge in [-0.15, -0.1) is 0 Å². The van der Waals surface area contributed by atoms with E-state index < -0.39 is 0 Å². The summed E-state index contributed by atoms with van der Waals surface area (Å²) in [5, 5.41) is 0.856. The topological polar surface area (TPSA) is 41.9 Å². The largest absolute Gasteiger partial charge is 0.494 e. The first-order valence-electron chi connectivity index (χ1n) is 7.26. The summed E-state index contributed by atoms with van der Waals surface area (Å²) in [6.07, 6.45) is 4.27. The molecule has 0 saturated carbocycles. The van der Waals surface area contributed by atoms with E-state index >= 15 is 0 Å². The number of amides is 1. The highest BCUT2D eigenvalue weighted by atomic mass is 32.2. The zero-order chi connectivity index (χ0) is 14.7. The van der Waals surface area contributed by atoms with E-state index in [0.29, 0.717) is 11.5 Å². The number of benzene rings is 1. The number of aliphatic imine (C=N–C) groups is 1. The fourth-order valence-corrected chi connectivity index (χ4v) is 3.38. The van der Waals surface area contributed by atoms with E-state index in [-0.39, 0.29) is 5.91 Å². The van der Waals surface area contributed by atoms with Gasteiger partial charge in [0.1, 0.15) is 5.75 Å². The molecule has 2 aliphatic rings. The lowest BCUT2D eigenvalue weighted by molar-refractivity contribution is -0.113. The van der Waals surface area contributed by atoms with Gasteiger partial charge in [0.05, 0.1) is 11.5 Å². The van der Waals surface area contributed by atoms with E-state index in [0.717, 1.165) is 29.6 Å². The second-order valence-corrected chi connectivity index (χ2v) is 6.02. The lowest BCUT2D eigenvalue weighted by Gasteiger charge is -2.14. The SMILES string of the molecule is CCOc1ccc(/C=C2/SC(N3CCCC3)=NC2=O)cc1. The molecule has 1 saturated heterocycles. The first-order valence-corrected chi connectivity index (χ1v) is 8.08. The number of thioether (sulfide) groups is 1. The Bertz CT molecular complexity index is 587. The van der Waals surface area contributed by atoms with Gasteiger partial charge in [0.25, 0.3) is 5.91 Å². The van der Waals surface area contributed by atoms with Crippen molar-refractivity contribution >= 4 is 28.9 Å². The molecule has 0 spiro atoms. The molecule has 0 bridgehead atoms. The molecule has 1 aromatic rings. The standard InChI is InChI=1S/C16H18N2O2S/c1-2-20-13-7-5-12(6-8-13)11-14-15(19)17-16(21-14)18-9-3-4-10-18/h5-8,11H,2-4,9-10H2,1H3/b14-11+. The predicted octanol–water partition coefficient (Wildman–Crippen LogP) is 3.15. The summed E-state index contributed by atoms with van der Waals surface area (Å²) in [4.78, 5) is 19.0. The number of hydrogen-bond acceptors (Lipinski definition) is 4. The summed E-state index contributed by atoms with van der Waals surface area (Å²) in [6.45, 7) is 4.63. The van der Waals surface area contributed by atoms with E-state index in [2.05, 4.69) is 9.89 Å². The molecule has 5 heteroatoms. The van der Waals surface area contributed by atoms with Crippen molar-refractivity contribution in [3.05, 3.63) is 34.7 Å². The third kappa shape index (κ3) is 3.29. The number of carbonyl (C=O) groups is 1. The summed E-state index contributed by atoms with van der Waals surface area (Å²) < 4.78 is 5.41. The second kappa shape index (κ2) is 6.35. The molecular weight excluding hydrogens is 284 g/mol. The maximum Gasteiger partial charge on any atom is 0.286 e. The molecule has 0 N–H and O–H groups in total. The van der Waals surface area contributed by atoms with Gasteiger partial charge in [-0.05, 0) is 55.3 Å². The lowest BCUT2D eigenvalue weighted by Crippen LogP contribution is -2.23. The Morgan fingerprint density at radius 3 is 2.67 bits per heavy atom. The van der Waals surface area contributed by atoms with Crippen molar-refractivity contribution in [3.63, 3.8) is 0 Å². The minimum Gasteiger partial charge on any atom is -0.494 e. The van der Waals surface area contributed by atoms with Crippen molar-refractivity contribution in [1.29, 1.82) is 0 Å². The van der Waals surface area contributed by atoms with E-state index in [4.69, 9.17) is 4.74 Å². The van der Waals surface area contributed by atoms with Crippen LogP contribution in [-0.2, 0) is 4.79 Å². The third-order valence-corrected chi connectivity index (χ3v) is 4.52. The van der Waals surface area contributed by atoms with Crippen LogP contribution in [0.25, 0.3) is 6.08 Å². The Balaban J connectivity index is 1.71. The van der Waals surface area contributed by atoms with Gasteiger partial charge < -0.3 is 9.64 Å². The Morgan fingerprint density at radius 2 is 2.00 bits per heavy atom. The number of likely N-dealkylation sites (tertiary alicyclic amines) is 1. The Kier molecular flexibility index (Phi) is 4.29. The van der Waals surface area contributed by atoms with E-state index in [1.807, 2.05) is 37.3 Å². The molecule has 21 heavy (non-hydrogen) atoms. The van der Waals surface area contributed by atoms with Crippen LogP contribution in [0.5, 0.6) is 5.75 Å². The average Bonchev–Trinajstić information content (AvgIpc) is 3.12. The second-order valence-electron chi connectivity index (χ2n) is 5.01. The summed E-state index contributed by atoms with van der Waals surface area (Å²) in [7, 11) is 0. The van der Waals surface area contributed by atoms with Gasteiger partial charge in [0.2, 0.25) is 0 Å². The zero-order valence-electron chi connectivity index (χ0n) is 12.0. The van der Waals surface area contributed by atoms with Crippen LogP contribution in [0.15, 0.2) is 34.2 Å². The molecule has 0 aliphatic carbocycles. The van der Waals surface area contributed by atoms with Gasteiger partial charge >= 0.3 is 0 Å². The van der Waals surface area contributed by atoms with Crippen LogP contribution < -0.4 is 4.74 Å². The number of hydrogen-bond donors (Lipinski definition) is 0. The number of ether oxygens (including phenoxy) is 1. The first kappa shape index (κ1) is 14.2. The molecule has 4 nitrogen and oxygen atoms in total. The molecule has 0 atom stereocenters. The Labute approximate surface area is 128 Å². The highest BCUT2D eigenvalue weighted by molar-refractivity contribution is 8.18. The normalized spacial score (nSPS) is 20.2. The molecule has 1 fully saturated rings. The predicted molar refractivity (Wildman–Crippen MR) is 86.4 cm³/mol. The van der Waals surface area contributed by atoms with E-state index in [1.54, 1.807) is 0 Å². The molecule has 1 aromatic carbocycles. The monoisotopic (exact) mass is 302 g/mol. The minimum absolute atomic E-state index is 0.129. The molecule has 0 aromatic heterocycles. The molecule has 1 amide bonds. The van der Waals surface area contributed by atoms with E-state index in [9.17, 15) is 4.79 Å². The summed E-state index contributed by atoms with van der Waals surface area (Å²) in [6, 6.07) is 7.75. The highest BCUT2D eigenvalue weighted by Gasteiger charge is 2.27. The maximum absolute atomic E-state index is 12.0. The molecule has 3 rings (SSSR count). The van der Waals surface area contributed by atoms with Crippen molar-refractivity contribution < 1.29 is 9.53 Å². The molecule has 2 aliphatic heterocycles. The van der Waals surface area contributed by atoms with Gasteiger partial charge in [-0.1, -0.05) is 12.1 Å². The van der Waals surface area contributed by atoms with Crippen molar-refractivity contribution in [2.45, 2.75) is 19.8 Å². The number of nitrogens with zero attached hydrogens (tertiary/aromatic N) is 2. The quantitative estimate of drug-likeness (QED) is 0.804. The third-order valence-electron chi connectivity index (χ3n) is 3.47. The van der Waals surface area contributed by atoms with Crippen LogP contribution in [0, 0.1) is 0 Å². The Morgan fingerprint density at radius 1 is 1.29 bits per heavy atom.